The number of ether oxygens (including phenoxy) is 1. The largest absolute Gasteiger partial charge is 0.488 e. The van der Waals surface area contributed by atoms with E-state index in [0.29, 0.717) is 17.9 Å². The fraction of sp³-hybridized carbons (Fsp3) is 0.188. The van der Waals surface area contributed by atoms with Crippen LogP contribution in [0, 0.1) is 6.92 Å². The summed E-state index contributed by atoms with van der Waals surface area (Å²) in [5.41, 5.74) is 2.78. The van der Waals surface area contributed by atoms with Crippen LogP contribution in [0.3, 0.4) is 0 Å². The highest BCUT2D eigenvalue weighted by Crippen LogP contribution is 2.22. The minimum Gasteiger partial charge on any atom is -0.488 e. The molecule has 0 N–H and O–H groups in total. The van der Waals surface area contributed by atoms with Crippen LogP contribution in [0.4, 0.5) is 0 Å². The Bertz CT molecular complexity index is 588. The van der Waals surface area contributed by atoms with Gasteiger partial charge in [-0.15, -0.1) is 0 Å². The molecule has 2 aromatic carbocycles. The average molecular weight is 319 g/mol. The van der Waals surface area contributed by atoms with Crippen molar-refractivity contribution in [3.63, 3.8) is 0 Å². The molecule has 0 aliphatic carbocycles. The van der Waals surface area contributed by atoms with Gasteiger partial charge in [0.25, 0.3) is 0 Å². The summed E-state index contributed by atoms with van der Waals surface area (Å²) in [5, 5.41) is 0. The molecule has 0 aliphatic rings. The van der Waals surface area contributed by atoms with Crippen LogP contribution in [0.15, 0.2) is 46.9 Å². The Morgan fingerprint density at radius 2 is 1.84 bits per heavy atom. The van der Waals surface area contributed by atoms with E-state index in [1.807, 2.05) is 49.4 Å². The lowest BCUT2D eigenvalue weighted by molar-refractivity contribution is 0.101. The summed E-state index contributed by atoms with van der Waals surface area (Å²) in [6.07, 6.45) is 0. The van der Waals surface area contributed by atoms with E-state index in [1.54, 1.807) is 6.92 Å². The summed E-state index contributed by atoms with van der Waals surface area (Å²) in [6.45, 7) is 3.99. The molecule has 0 saturated heterocycles. The standard InChI is InChI=1S/C16H15BrO2/c1-11-3-8-15(12(2)18)16(9-11)19-10-13-4-6-14(17)7-5-13/h3-9H,10H2,1-2H3. The number of ketones is 1. The van der Waals surface area contributed by atoms with E-state index < -0.39 is 0 Å². The third-order valence-corrected chi connectivity index (χ3v) is 3.35. The van der Waals surface area contributed by atoms with Crippen LogP contribution in [-0.2, 0) is 6.61 Å². The molecule has 3 heteroatoms. The number of carbonyl (C=O) groups excluding carboxylic acids is 1. The minimum atomic E-state index is 0.0193. The zero-order valence-electron chi connectivity index (χ0n) is 10.9. The maximum absolute atomic E-state index is 11.5. The summed E-state index contributed by atoms with van der Waals surface area (Å²) >= 11 is 3.40. The lowest BCUT2D eigenvalue weighted by Gasteiger charge is -2.11. The highest BCUT2D eigenvalue weighted by Gasteiger charge is 2.08. The van der Waals surface area contributed by atoms with Crippen LogP contribution in [0.2, 0.25) is 0 Å². The van der Waals surface area contributed by atoms with E-state index in [2.05, 4.69) is 15.9 Å². The molecule has 0 aliphatic heterocycles. The molecule has 0 amide bonds. The van der Waals surface area contributed by atoms with E-state index in [-0.39, 0.29) is 5.78 Å². The van der Waals surface area contributed by atoms with Crippen molar-refractivity contribution in [3.05, 3.63) is 63.6 Å². The lowest BCUT2D eigenvalue weighted by Crippen LogP contribution is -2.02. The van der Waals surface area contributed by atoms with E-state index in [1.165, 1.54) is 0 Å². The fourth-order valence-electron chi connectivity index (χ4n) is 1.78. The Labute approximate surface area is 121 Å². The summed E-state index contributed by atoms with van der Waals surface area (Å²) in [7, 11) is 0. The van der Waals surface area contributed by atoms with Gasteiger partial charge in [-0.25, -0.2) is 0 Å². The molecule has 0 heterocycles. The van der Waals surface area contributed by atoms with Gasteiger partial charge in [0.2, 0.25) is 0 Å². The number of halogens is 1. The Balaban J connectivity index is 2.16. The van der Waals surface area contributed by atoms with Gasteiger partial charge in [0.05, 0.1) is 5.56 Å². The van der Waals surface area contributed by atoms with Gasteiger partial charge in [-0.2, -0.15) is 0 Å². The average Bonchev–Trinajstić information content (AvgIpc) is 2.38. The topological polar surface area (TPSA) is 26.3 Å². The van der Waals surface area contributed by atoms with Crippen LogP contribution in [-0.4, -0.2) is 5.78 Å². The molecule has 0 atom stereocenters. The highest BCUT2D eigenvalue weighted by molar-refractivity contribution is 9.10. The third-order valence-electron chi connectivity index (χ3n) is 2.82. The van der Waals surface area contributed by atoms with E-state index in [4.69, 9.17) is 4.74 Å². The number of benzene rings is 2. The number of rotatable bonds is 4. The van der Waals surface area contributed by atoms with Gasteiger partial charge >= 0.3 is 0 Å². The molecule has 0 unspecified atom stereocenters. The van der Waals surface area contributed by atoms with Crippen molar-refractivity contribution in [1.29, 1.82) is 0 Å². The molecule has 98 valence electrons. The van der Waals surface area contributed by atoms with Crippen molar-refractivity contribution in [3.8, 4) is 5.75 Å². The van der Waals surface area contributed by atoms with Crippen molar-refractivity contribution >= 4 is 21.7 Å². The van der Waals surface area contributed by atoms with Crippen LogP contribution >= 0.6 is 15.9 Å². The fourth-order valence-corrected chi connectivity index (χ4v) is 2.05. The van der Waals surface area contributed by atoms with E-state index in [9.17, 15) is 4.79 Å². The number of aryl methyl sites for hydroxylation is 1. The van der Waals surface area contributed by atoms with Gasteiger partial charge in [0, 0.05) is 4.47 Å². The molecule has 0 spiro atoms. The van der Waals surface area contributed by atoms with Crippen molar-refractivity contribution in [2.45, 2.75) is 20.5 Å². The van der Waals surface area contributed by atoms with Gasteiger partial charge in [-0.05, 0) is 49.2 Å². The minimum absolute atomic E-state index is 0.0193. The van der Waals surface area contributed by atoms with Gasteiger partial charge in [-0.3, -0.25) is 4.79 Å². The van der Waals surface area contributed by atoms with Crippen molar-refractivity contribution in [2.24, 2.45) is 0 Å². The summed E-state index contributed by atoms with van der Waals surface area (Å²) in [4.78, 5) is 11.5. The third kappa shape index (κ3) is 3.67. The molecule has 0 aromatic heterocycles. The van der Waals surface area contributed by atoms with Gasteiger partial charge in [0.15, 0.2) is 5.78 Å². The van der Waals surface area contributed by atoms with Gasteiger partial charge in [-0.1, -0.05) is 34.1 Å². The number of hydrogen-bond acceptors (Lipinski definition) is 2. The second kappa shape index (κ2) is 6.02. The van der Waals surface area contributed by atoms with Crippen molar-refractivity contribution < 1.29 is 9.53 Å². The van der Waals surface area contributed by atoms with Crippen LogP contribution < -0.4 is 4.74 Å². The Morgan fingerprint density at radius 1 is 1.16 bits per heavy atom. The molecule has 2 nitrogen and oxygen atoms in total. The lowest BCUT2D eigenvalue weighted by atomic mass is 10.1. The molecule has 2 rings (SSSR count). The monoisotopic (exact) mass is 318 g/mol. The Morgan fingerprint density at radius 3 is 2.47 bits per heavy atom. The predicted molar refractivity (Wildman–Crippen MR) is 79.7 cm³/mol. The Kier molecular flexibility index (Phi) is 4.38. The predicted octanol–water partition coefficient (Wildman–Crippen LogP) is 4.54. The molecule has 19 heavy (non-hydrogen) atoms. The van der Waals surface area contributed by atoms with Gasteiger partial charge in [0.1, 0.15) is 12.4 Å². The second-order valence-corrected chi connectivity index (χ2v) is 5.39. The van der Waals surface area contributed by atoms with E-state index in [0.717, 1.165) is 15.6 Å². The first-order chi connectivity index (χ1) is 9.06. The van der Waals surface area contributed by atoms with E-state index >= 15 is 0 Å². The number of hydrogen-bond donors (Lipinski definition) is 0. The van der Waals surface area contributed by atoms with Crippen LogP contribution in [0.1, 0.15) is 28.4 Å². The highest BCUT2D eigenvalue weighted by atomic mass is 79.9. The maximum atomic E-state index is 11.5. The summed E-state index contributed by atoms with van der Waals surface area (Å²) in [6, 6.07) is 13.6. The van der Waals surface area contributed by atoms with Crippen LogP contribution in [0.5, 0.6) is 5.75 Å². The van der Waals surface area contributed by atoms with Crippen molar-refractivity contribution in [1.82, 2.24) is 0 Å². The molecular weight excluding hydrogens is 304 g/mol. The zero-order valence-corrected chi connectivity index (χ0v) is 12.5. The summed E-state index contributed by atoms with van der Waals surface area (Å²) < 4.78 is 6.81. The maximum Gasteiger partial charge on any atom is 0.163 e. The SMILES string of the molecule is CC(=O)c1ccc(C)cc1OCc1ccc(Br)cc1. The second-order valence-electron chi connectivity index (χ2n) is 4.47. The molecule has 2 aromatic rings. The van der Waals surface area contributed by atoms with Crippen molar-refractivity contribution in [2.75, 3.05) is 0 Å². The first-order valence-corrected chi connectivity index (χ1v) is 6.84. The zero-order chi connectivity index (χ0) is 13.8. The number of carbonyl (C=O) groups is 1. The van der Waals surface area contributed by atoms with Crippen LogP contribution in [0.25, 0.3) is 0 Å². The summed E-state index contributed by atoms with van der Waals surface area (Å²) in [5.74, 6) is 0.668. The molecular formula is C16H15BrO2. The molecule has 0 saturated carbocycles. The smallest absolute Gasteiger partial charge is 0.163 e. The number of Topliss-reactive ketones (excluding diaryl/α,β-unsaturated/α-hetero) is 1. The first kappa shape index (κ1) is 13.8. The molecule has 0 fully saturated rings. The van der Waals surface area contributed by atoms with Gasteiger partial charge < -0.3 is 4.74 Å². The molecule has 0 bridgehead atoms. The molecule has 0 radical (unpaired) electrons. The normalized spacial score (nSPS) is 10.3. The first-order valence-electron chi connectivity index (χ1n) is 6.05. The Hall–Kier alpha value is -1.61. The quantitative estimate of drug-likeness (QED) is 0.774.